The maximum atomic E-state index is 15.4. The Kier molecular flexibility index (Phi) is 4.44. The van der Waals surface area contributed by atoms with E-state index >= 15 is 4.39 Å². The van der Waals surface area contributed by atoms with Gasteiger partial charge in [-0.3, -0.25) is 14.7 Å². The quantitative estimate of drug-likeness (QED) is 0.754. The van der Waals surface area contributed by atoms with Gasteiger partial charge < -0.3 is 5.11 Å². The van der Waals surface area contributed by atoms with Gasteiger partial charge in [-0.15, -0.1) is 0 Å². The smallest absolute Gasteiger partial charge is 0.326 e. The zero-order valence-corrected chi connectivity index (χ0v) is 16.9. The number of aromatic nitrogens is 1. The fraction of sp³-hybridized carbons (Fsp3) is 0.400. The summed E-state index contributed by atoms with van der Waals surface area (Å²) < 4.78 is 42.0. The number of phenols is 1. The lowest BCUT2D eigenvalue weighted by molar-refractivity contribution is -0.117. The predicted molar refractivity (Wildman–Crippen MR) is 107 cm³/mol. The zero-order chi connectivity index (χ0) is 21.0. The van der Waals surface area contributed by atoms with Crippen LogP contribution in [0.25, 0.3) is 0 Å². The van der Waals surface area contributed by atoms with Crippen LogP contribution in [0.4, 0.5) is 10.1 Å². The topological polar surface area (TPSA) is 103 Å². The standard InChI is InChI=1S/C20H21FN4O4S/c21-19-16-10-24(9-14-7-15(14)12-1-4-22-5-2-12)6-3-13(16)8-17(26)20(19)25-11-18(27)23-30(25,28)29/h1-2,4-5,8,14-15,26H,3,6-7,9-11H2,(H,23,27)/t14-,15-/m0/s1. The molecule has 2 atom stereocenters. The van der Waals surface area contributed by atoms with E-state index in [2.05, 4.69) is 9.88 Å². The van der Waals surface area contributed by atoms with Crippen molar-refractivity contribution in [3.63, 3.8) is 0 Å². The number of pyridine rings is 1. The number of nitrogens with one attached hydrogen (secondary N) is 1. The van der Waals surface area contributed by atoms with E-state index in [4.69, 9.17) is 0 Å². The van der Waals surface area contributed by atoms with E-state index in [-0.39, 0.29) is 0 Å². The molecule has 2 N–H and O–H groups in total. The lowest BCUT2D eigenvalue weighted by Gasteiger charge is -2.31. The highest BCUT2D eigenvalue weighted by Crippen LogP contribution is 2.48. The maximum absolute atomic E-state index is 15.4. The van der Waals surface area contributed by atoms with E-state index in [0.717, 1.165) is 19.5 Å². The fourth-order valence-electron chi connectivity index (χ4n) is 4.53. The Hall–Kier alpha value is -2.72. The second kappa shape index (κ2) is 6.92. The van der Waals surface area contributed by atoms with E-state index in [1.807, 2.05) is 12.1 Å². The van der Waals surface area contributed by atoms with Crippen molar-refractivity contribution in [1.29, 1.82) is 0 Å². The summed E-state index contributed by atoms with van der Waals surface area (Å²) in [6, 6.07) is 5.47. The van der Waals surface area contributed by atoms with E-state index in [0.29, 0.717) is 40.2 Å². The molecule has 158 valence electrons. The van der Waals surface area contributed by atoms with Gasteiger partial charge in [-0.25, -0.2) is 13.4 Å². The summed E-state index contributed by atoms with van der Waals surface area (Å²) in [5, 5.41) is 10.3. The van der Waals surface area contributed by atoms with Gasteiger partial charge in [-0.1, -0.05) is 0 Å². The first-order valence-corrected chi connectivity index (χ1v) is 11.3. The number of fused-ring (bicyclic) bond motifs is 1. The van der Waals surface area contributed by atoms with Gasteiger partial charge in [0.05, 0.1) is 0 Å². The van der Waals surface area contributed by atoms with Gasteiger partial charge in [0.25, 0.3) is 5.91 Å². The minimum Gasteiger partial charge on any atom is -0.506 e. The molecule has 10 heteroatoms. The Labute approximate surface area is 173 Å². The lowest BCUT2D eigenvalue weighted by atomic mass is 9.97. The van der Waals surface area contributed by atoms with Crippen molar-refractivity contribution in [3.8, 4) is 5.75 Å². The molecule has 1 aliphatic carbocycles. The van der Waals surface area contributed by atoms with Crippen LogP contribution >= 0.6 is 0 Å². The van der Waals surface area contributed by atoms with Crippen LogP contribution in [0.3, 0.4) is 0 Å². The molecule has 0 unspecified atom stereocenters. The summed E-state index contributed by atoms with van der Waals surface area (Å²) in [6.07, 6.45) is 5.22. The summed E-state index contributed by atoms with van der Waals surface area (Å²) in [4.78, 5) is 17.7. The third kappa shape index (κ3) is 3.29. The van der Waals surface area contributed by atoms with Crippen LogP contribution in [0.5, 0.6) is 5.75 Å². The van der Waals surface area contributed by atoms with Crippen molar-refractivity contribution >= 4 is 21.8 Å². The molecule has 30 heavy (non-hydrogen) atoms. The Balaban J connectivity index is 1.37. The molecule has 1 aromatic carbocycles. The van der Waals surface area contributed by atoms with E-state index < -0.39 is 39.9 Å². The third-order valence-corrected chi connectivity index (χ3v) is 7.49. The van der Waals surface area contributed by atoms with E-state index in [1.54, 1.807) is 17.1 Å². The highest BCUT2D eigenvalue weighted by molar-refractivity contribution is 7.92. The molecule has 0 bridgehead atoms. The number of carbonyl (C=O) groups is 1. The van der Waals surface area contributed by atoms with Crippen LogP contribution < -0.4 is 9.03 Å². The van der Waals surface area contributed by atoms with Crippen LogP contribution in [0.1, 0.15) is 29.0 Å². The number of amides is 1. The van der Waals surface area contributed by atoms with Gasteiger partial charge in [0.15, 0.2) is 5.82 Å². The minimum atomic E-state index is -4.21. The Morgan fingerprint density at radius 1 is 1.27 bits per heavy atom. The number of phenolic OH excluding ortho intramolecular Hbond substituents is 1. The molecule has 0 radical (unpaired) electrons. The third-order valence-electron chi connectivity index (χ3n) is 6.11. The summed E-state index contributed by atoms with van der Waals surface area (Å²) in [6.45, 7) is 1.35. The average molecular weight is 432 g/mol. The second-order valence-corrected chi connectivity index (χ2v) is 9.70. The van der Waals surface area contributed by atoms with E-state index in [9.17, 15) is 18.3 Å². The summed E-state index contributed by atoms with van der Waals surface area (Å²) in [7, 11) is -4.21. The first-order chi connectivity index (χ1) is 14.3. The number of hydrogen-bond donors (Lipinski definition) is 2. The van der Waals surface area contributed by atoms with Crippen molar-refractivity contribution in [2.24, 2.45) is 5.92 Å². The van der Waals surface area contributed by atoms with Gasteiger partial charge in [-0.2, -0.15) is 8.42 Å². The Morgan fingerprint density at radius 2 is 2.03 bits per heavy atom. The van der Waals surface area contributed by atoms with Crippen molar-refractivity contribution < 1.29 is 22.7 Å². The Bertz CT molecular complexity index is 1130. The molecule has 2 aromatic rings. The zero-order valence-electron chi connectivity index (χ0n) is 16.1. The minimum absolute atomic E-state index is 0.337. The molecule has 2 aliphatic heterocycles. The number of rotatable bonds is 4. The highest BCUT2D eigenvalue weighted by atomic mass is 32.2. The van der Waals surface area contributed by atoms with Gasteiger partial charge in [0.1, 0.15) is 18.0 Å². The van der Waals surface area contributed by atoms with Gasteiger partial charge >= 0.3 is 10.2 Å². The Morgan fingerprint density at radius 3 is 2.73 bits per heavy atom. The summed E-state index contributed by atoms with van der Waals surface area (Å²) in [5.41, 5.74) is 1.85. The lowest BCUT2D eigenvalue weighted by Crippen LogP contribution is -2.34. The van der Waals surface area contributed by atoms with Crippen molar-refractivity contribution in [2.75, 3.05) is 23.9 Å². The molecular weight excluding hydrogens is 411 g/mol. The number of benzene rings is 1. The number of carbonyl (C=O) groups excluding carboxylic acids is 1. The largest absolute Gasteiger partial charge is 0.506 e. The normalized spacial score (nSPS) is 25.1. The summed E-state index contributed by atoms with van der Waals surface area (Å²) >= 11 is 0. The summed E-state index contributed by atoms with van der Waals surface area (Å²) in [5.74, 6) is -1.03. The molecular formula is C20H21FN4O4S. The monoisotopic (exact) mass is 432 g/mol. The van der Waals surface area contributed by atoms with Crippen molar-refractivity contribution in [1.82, 2.24) is 14.6 Å². The average Bonchev–Trinajstić information content (AvgIpc) is 3.41. The molecule has 1 aromatic heterocycles. The second-order valence-electron chi connectivity index (χ2n) is 8.10. The number of anilines is 1. The number of nitrogens with zero attached hydrogens (tertiary/aromatic N) is 3. The predicted octanol–water partition coefficient (Wildman–Crippen LogP) is 1.27. The molecule has 1 amide bonds. The fourth-order valence-corrected chi connectivity index (χ4v) is 5.69. The first-order valence-electron chi connectivity index (χ1n) is 9.82. The van der Waals surface area contributed by atoms with Gasteiger partial charge in [0.2, 0.25) is 0 Å². The van der Waals surface area contributed by atoms with Gasteiger partial charge in [0, 0.05) is 37.6 Å². The molecule has 5 rings (SSSR count). The molecule has 2 fully saturated rings. The van der Waals surface area contributed by atoms with Crippen LogP contribution in [0.15, 0.2) is 30.6 Å². The maximum Gasteiger partial charge on any atom is 0.326 e. The first kappa shape index (κ1) is 19.3. The molecule has 1 saturated carbocycles. The number of halogens is 1. The van der Waals surface area contributed by atoms with E-state index in [1.165, 1.54) is 11.6 Å². The van der Waals surface area contributed by atoms with Crippen molar-refractivity contribution in [3.05, 3.63) is 53.1 Å². The number of hydrogen-bond acceptors (Lipinski definition) is 6. The van der Waals surface area contributed by atoms with Crippen LogP contribution in [0.2, 0.25) is 0 Å². The molecule has 8 nitrogen and oxygen atoms in total. The molecule has 1 saturated heterocycles. The number of aromatic hydroxyl groups is 1. The molecule has 0 spiro atoms. The molecule has 3 aliphatic rings. The highest BCUT2D eigenvalue weighted by Gasteiger charge is 2.41. The van der Waals surface area contributed by atoms with Crippen molar-refractivity contribution in [2.45, 2.75) is 25.3 Å². The SMILES string of the molecule is O=C1CN(c2c(O)cc3c(c2F)CN(C[C@@H]2C[C@H]2c2ccncc2)CC3)S(=O)(=O)N1. The van der Waals surface area contributed by atoms with Crippen LogP contribution in [-0.2, 0) is 28.0 Å². The van der Waals surface area contributed by atoms with Crippen LogP contribution in [0, 0.1) is 11.7 Å². The van der Waals surface area contributed by atoms with Gasteiger partial charge in [-0.05, 0) is 54.0 Å². The molecule has 3 heterocycles. The van der Waals surface area contributed by atoms with Crippen LogP contribution in [-0.4, -0.2) is 48.9 Å².